The number of carbonyl (C=O) groups is 1. The smallest absolute Gasteiger partial charge is 0.335 e. The van der Waals surface area contributed by atoms with Gasteiger partial charge < -0.3 is 99.2 Å². The van der Waals surface area contributed by atoms with Crippen LogP contribution in [0.5, 0.6) is 28.7 Å². The normalized spacial score (nSPS) is 36.7. The predicted molar refractivity (Wildman–Crippen MR) is 173 cm³/mol. The van der Waals surface area contributed by atoms with Crippen LogP contribution in [0.4, 0.5) is 0 Å². The van der Waals surface area contributed by atoms with Gasteiger partial charge >= 0.3 is 5.97 Å². The molecule has 6 rings (SSSR count). The number of phenols is 3. The first kappa shape index (κ1) is 40.3. The molecular formula is C33H38O22. The second-order valence-corrected chi connectivity index (χ2v) is 13.1. The van der Waals surface area contributed by atoms with E-state index in [2.05, 4.69) is 0 Å². The lowest BCUT2D eigenvalue weighted by Gasteiger charge is -2.42. The number of carboxylic acids is 1. The summed E-state index contributed by atoms with van der Waals surface area (Å²) >= 11 is 0. The van der Waals surface area contributed by atoms with E-state index >= 15 is 0 Å². The van der Waals surface area contributed by atoms with Crippen LogP contribution in [0.1, 0.15) is 6.92 Å². The van der Waals surface area contributed by atoms with Crippen molar-refractivity contribution in [2.75, 3.05) is 6.61 Å². The molecule has 1 aromatic heterocycles. The van der Waals surface area contributed by atoms with Crippen LogP contribution in [-0.4, -0.2) is 171 Å². The van der Waals surface area contributed by atoms with Gasteiger partial charge in [-0.05, 0) is 25.1 Å². The monoisotopic (exact) mass is 786 g/mol. The number of rotatable bonds is 9. The van der Waals surface area contributed by atoms with Crippen LogP contribution >= 0.6 is 0 Å². The van der Waals surface area contributed by atoms with E-state index in [0.717, 1.165) is 30.3 Å². The van der Waals surface area contributed by atoms with Gasteiger partial charge in [-0.2, -0.15) is 0 Å². The fraction of sp³-hybridized carbons (Fsp3) is 0.515. The molecule has 2 aromatic carbocycles. The van der Waals surface area contributed by atoms with Gasteiger partial charge in [0.15, 0.2) is 29.7 Å². The van der Waals surface area contributed by atoms with Crippen molar-refractivity contribution in [3.8, 4) is 40.1 Å². The van der Waals surface area contributed by atoms with Gasteiger partial charge in [0.1, 0.15) is 83.5 Å². The van der Waals surface area contributed by atoms with Crippen molar-refractivity contribution < 1.29 is 104 Å². The summed E-state index contributed by atoms with van der Waals surface area (Å²) in [6, 6.07) is 4.90. The Hall–Kier alpha value is -4.40. The lowest BCUT2D eigenvalue weighted by molar-refractivity contribution is -0.318. The summed E-state index contributed by atoms with van der Waals surface area (Å²) in [5, 5.41) is 133. The summed E-state index contributed by atoms with van der Waals surface area (Å²) in [6.45, 7) is 0.709. The zero-order valence-corrected chi connectivity index (χ0v) is 28.2. The average Bonchev–Trinajstić information content (AvgIpc) is 3.14. The van der Waals surface area contributed by atoms with Crippen molar-refractivity contribution in [3.63, 3.8) is 0 Å². The maximum Gasteiger partial charge on any atom is 0.335 e. The molecule has 302 valence electrons. The summed E-state index contributed by atoms with van der Waals surface area (Å²) < 4.78 is 38.7. The highest BCUT2D eigenvalue weighted by molar-refractivity contribution is 5.88. The summed E-state index contributed by atoms with van der Waals surface area (Å²) in [5.41, 5.74) is -1.81. The summed E-state index contributed by atoms with van der Waals surface area (Å²) in [7, 11) is 0. The number of aliphatic hydroxyl groups is 9. The van der Waals surface area contributed by atoms with Crippen molar-refractivity contribution in [1.82, 2.24) is 0 Å². The Labute approximate surface area is 307 Å². The van der Waals surface area contributed by atoms with E-state index in [1.807, 2.05) is 0 Å². The van der Waals surface area contributed by atoms with Gasteiger partial charge in [0, 0.05) is 17.7 Å². The molecule has 0 amide bonds. The van der Waals surface area contributed by atoms with Gasteiger partial charge in [0.2, 0.25) is 23.8 Å². The highest BCUT2D eigenvalue weighted by Crippen LogP contribution is 2.40. The third-order valence-electron chi connectivity index (χ3n) is 9.34. The number of hydrogen-bond donors (Lipinski definition) is 13. The van der Waals surface area contributed by atoms with E-state index in [9.17, 15) is 76.0 Å². The molecule has 4 heterocycles. The maximum atomic E-state index is 14.1. The standard InChI is InChI=1S/C33H38O22/c1-8-17(37)20(40)24(44)31(50-8)49-7-15-18(38)21(41)25(45)33(53-15)54-28-19(39)16-13(36)5-10(51-32-26(46)22(42)23(43)29(55-32)30(47)48)6-14(16)52-27(28)9-2-3-11(34)12(35)4-9/h2-6,8,15,17-18,20-26,29,31-38,40-46H,7H2,1H3,(H,47,48)/t8-,15+,17-,18+,20-,21-,22-,23-,24+,25+,26+,29-,31+,32+,33-/m0/s1. The van der Waals surface area contributed by atoms with E-state index in [-0.39, 0.29) is 5.56 Å². The molecule has 0 saturated carbocycles. The van der Waals surface area contributed by atoms with Gasteiger partial charge in [0.05, 0.1) is 12.7 Å². The van der Waals surface area contributed by atoms with E-state index in [4.69, 9.17) is 32.8 Å². The molecule has 22 heteroatoms. The third kappa shape index (κ3) is 7.60. The van der Waals surface area contributed by atoms with E-state index in [1.165, 1.54) is 6.92 Å². The lowest BCUT2D eigenvalue weighted by atomic mass is 9.98. The van der Waals surface area contributed by atoms with Gasteiger partial charge in [-0.3, -0.25) is 4.79 Å². The Morgan fingerprint density at radius 2 is 1.29 bits per heavy atom. The van der Waals surface area contributed by atoms with Crippen molar-refractivity contribution in [1.29, 1.82) is 0 Å². The van der Waals surface area contributed by atoms with Crippen LogP contribution < -0.4 is 14.9 Å². The van der Waals surface area contributed by atoms with Crippen LogP contribution in [0.2, 0.25) is 0 Å². The molecule has 3 aromatic rings. The molecule has 3 aliphatic rings. The van der Waals surface area contributed by atoms with Crippen molar-refractivity contribution in [2.45, 2.75) is 99.0 Å². The third-order valence-corrected chi connectivity index (χ3v) is 9.34. The fourth-order valence-electron chi connectivity index (χ4n) is 6.18. The first-order chi connectivity index (χ1) is 25.9. The Morgan fingerprint density at radius 1 is 0.673 bits per heavy atom. The number of aromatic hydroxyl groups is 3. The molecular weight excluding hydrogens is 748 g/mol. The van der Waals surface area contributed by atoms with Crippen LogP contribution in [0.3, 0.4) is 0 Å². The number of benzene rings is 2. The SMILES string of the molecule is C[C@@H]1O[C@@H](OC[C@H]2O[C@@H](Oc3c(-c4ccc(O)c(O)c4)oc4cc(O[C@@H]5O[C@H](C(=O)O)[C@@H](O)[C@H](O)[C@H]5O)cc(O)c4c3=O)[C@H](O)[C@@H](O)[C@@H]2O)[C@H](O)[C@@H](O)[C@H]1O. The van der Waals surface area contributed by atoms with Crippen molar-refractivity contribution in [2.24, 2.45) is 0 Å². The number of hydrogen-bond acceptors (Lipinski definition) is 21. The molecule has 3 saturated heterocycles. The van der Waals surface area contributed by atoms with Crippen molar-refractivity contribution in [3.05, 3.63) is 40.6 Å². The molecule has 0 bridgehead atoms. The minimum Gasteiger partial charge on any atom is -0.507 e. The molecule has 3 aliphatic heterocycles. The van der Waals surface area contributed by atoms with E-state index < -0.39 is 156 Å². The second kappa shape index (κ2) is 15.6. The van der Waals surface area contributed by atoms with E-state index in [0.29, 0.717) is 0 Å². The van der Waals surface area contributed by atoms with Gasteiger partial charge in [-0.1, -0.05) is 0 Å². The molecule has 0 unspecified atom stereocenters. The molecule has 22 nitrogen and oxygen atoms in total. The van der Waals surface area contributed by atoms with Gasteiger partial charge in [0.25, 0.3) is 0 Å². The minimum absolute atomic E-state index is 0.161. The zero-order valence-electron chi connectivity index (χ0n) is 28.2. The van der Waals surface area contributed by atoms with Crippen molar-refractivity contribution >= 4 is 16.9 Å². The number of fused-ring (bicyclic) bond motifs is 1. The topological polar surface area (TPSA) is 366 Å². The minimum atomic E-state index is -2.08. The largest absolute Gasteiger partial charge is 0.507 e. The van der Waals surface area contributed by atoms with Crippen LogP contribution in [0, 0.1) is 0 Å². The summed E-state index contributed by atoms with van der Waals surface area (Å²) in [6.07, 6.45) is -27.0. The fourth-order valence-corrected chi connectivity index (χ4v) is 6.18. The average molecular weight is 787 g/mol. The number of carboxylic acid groups (broad SMARTS) is 1. The number of phenolic OH excluding ortho intramolecular Hbond substituents is 3. The highest BCUT2D eigenvalue weighted by atomic mass is 16.7. The Kier molecular flexibility index (Phi) is 11.4. The number of ether oxygens (including phenoxy) is 6. The first-order valence-corrected chi connectivity index (χ1v) is 16.5. The molecule has 15 atom stereocenters. The van der Waals surface area contributed by atoms with E-state index in [1.54, 1.807) is 0 Å². The molecule has 0 spiro atoms. The maximum absolute atomic E-state index is 14.1. The lowest BCUT2D eigenvalue weighted by Crippen LogP contribution is -2.61. The highest BCUT2D eigenvalue weighted by Gasteiger charge is 2.49. The Balaban J connectivity index is 1.34. The number of aliphatic carboxylic acids is 1. The molecule has 55 heavy (non-hydrogen) atoms. The zero-order chi connectivity index (χ0) is 40.2. The Bertz CT molecular complexity index is 1940. The van der Waals surface area contributed by atoms with Crippen LogP contribution in [-0.2, 0) is 23.7 Å². The van der Waals surface area contributed by atoms with Gasteiger partial charge in [-0.15, -0.1) is 0 Å². The summed E-state index contributed by atoms with van der Waals surface area (Å²) in [5.74, 6) is -5.65. The van der Waals surface area contributed by atoms with Crippen LogP contribution in [0.25, 0.3) is 22.3 Å². The summed E-state index contributed by atoms with van der Waals surface area (Å²) in [4.78, 5) is 25.6. The first-order valence-electron chi connectivity index (χ1n) is 16.5. The predicted octanol–water partition coefficient (Wildman–Crippen LogP) is -4.12. The second-order valence-electron chi connectivity index (χ2n) is 13.1. The number of aliphatic hydroxyl groups excluding tert-OH is 9. The molecule has 13 N–H and O–H groups in total. The molecule has 0 radical (unpaired) electrons. The Morgan fingerprint density at radius 3 is 1.95 bits per heavy atom. The van der Waals surface area contributed by atoms with Gasteiger partial charge in [-0.25, -0.2) is 4.79 Å². The molecule has 3 fully saturated rings. The molecule has 0 aliphatic carbocycles. The quantitative estimate of drug-likeness (QED) is 0.0916. The van der Waals surface area contributed by atoms with Crippen LogP contribution in [0.15, 0.2) is 39.5 Å².